The minimum absolute atomic E-state index is 0.0245. The summed E-state index contributed by atoms with van der Waals surface area (Å²) in [6, 6.07) is 2.68. The van der Waals surface area contributed by atoms with Gasteiger partial charge in [-0.15, -0.1) is 0 Å². The Labute approximate surface area is 241 Å². The number of benzene rings is 1. The lowest BCUT2D eigenvalue weighted by molar-refractivity contribution is -0.142. The molecule has 13 N–H and O–H groups in total. The third-order valence-electron chi connectivity index (χ3n) is 6.14. The number of guanidine groups is 1. The highest BCUT2D eigenvalue weighted by molar-refractivity contribution is 7.80. The summed E-state index contributed by atoms with van der Waals surface area (Å²) >= 11 is 4.09. The molecular formula is C25H37N9O6S. The number of fused-ring (bicyclic) bond motifs is 1. The van der Waals surface area contributed by atoms with Crippen molar-refractivity contribution in [3.63, 3.8) is 0 Å². The van der Waals surface area contributed by atoms with Crippen molar-refractivity contribution in [2.75, 3.05) is 12.3 Å². The number of carboxylic acid groups (broad SMARTS) is 1. The highest BCUT2D eigenvalue weighted by Crippen LogP contribution is 2.18. The monoisotopic (exact) mass is 591 g/mol. The van der Waals surface area contributed by atoms with Gasteiger partial charge in [-0.05, 0) is 37.3 Å². The number of aliphatic imine (C=N–C) groups is 1. The van der Waals surface area contributed by atoms with E-state index in [0.717, 1.165) is 16.5 Å². The highest BCUT2D eigenvalue weighted by Gasteiger charge is 2.30. The molecule has 4 amide bonds. The Morgan fingerprint density at radius 3 is 2.20 bits per heavy atom. The zero-order valence-electron chi connectivity index (χ0n) is 22.3. The Morgan fingerprint density at radius 1 is 0.927 bits per heavy atom. The van der Waals surface area contributed by atoms with Gasteiger partial charge in [0.1, 0.15) is 18.1 Å². The van der Waals surface area contributed by atoms with E-state index in [1.807, 2.05) is 24.3 Å². The van der Waals surface area contributed by atoms with Crippen LogP contribution in [0.5, 0.6) is 0 Å². The summed E-state index contributed by atoms with van der Waals surface area (Å²) in [4.78, 5) is 68.6. The van der Waals surface area contributed by atoms with E-state index in [1.165, 1.54) is 0 Å². The normalized spacial score (nSPS) is 13.8. The number of carbonyl (C=O) groups excluding carboxylic acids is 4. The fraction of sp³-hybridized carbons (Fsp3) is 0.440. The van der Waals surface area contributed by atoms with Gasteiger partial charge < -0.3 is 49.0 Å². The van der Waals surface area contributed by atoms with Crippen LogP contribution < -0.4 is 38.9 Å². The lowest BCUT2D eigenvalue weighted by atomic mass is 10.0. The van der Waals surface area contributed by atoms with Crippen LogP contribution in [0.2, 0.25) is 0 Å². The van der Waals surface area contributed by atoms with Crippen LogP contribution in [0.3, 0.4) is 0 Å². The number of nitrogens with one attached hydrogen (secondary N) is 4. The number of carboxylic acids is 1. The molecule has 1 heterocycles. The van der Waals surface area contributed by atoms with Crippen molar-refractivity contribution in [3.8, 4) is 0 Å². The summed E-state index contributed by atoms with van der Waals surface area (Å²) in [7, 11) is 0. The van der Waals surface area contributed by atoms with E-state index in [-0.39, 0.29) is 50.4 Å². The molecule has 0 saturated carbocycles. The second-order valence-corrected chi connectivity index (χ2v) is 9.69. The van der Waals surface area contributed by atoms with Gasteiger partial charge in [0.25, 0.3) is 0 Å². The maximum absolute atomic E-state index is 13.1. The van der Waals surface area contributed by atoms with Crippen molar-refractivity contribution in [1.82, 2.24) is 20.9 Å². The molecule has 4 unspecified atom stereocenters. The minimum Gasteiger partial charge on any atom is -0.480 e. The van der Waals surface area contributed by atoms with Gasteiger partial charge in [-0.25, -0.2) is 4.79 Å². The number of aromatic nitrogens is 1. The van der Waals surface area contributed by atoms with Gasteiger partial charge >= 0.3 is 5.97 Å². The molecule has 0 aliphatic heterocycles. The zero-order valence-corrected chi connectivity index (χ0v) is 23.2. The fourth-order valence-corrected chi connectivity index (χ4v) is 4.22. The van der Waals surface area contributed by atoms with E-state index in [0.29, 0.717) is 0 Å². The van der Waals surface area contributed by atoms with Crippen LogP contribution in [0, 0.1) is 0 Å². The second-order valence-electron chi connectivity index (χ2n) is 9.33. The summed E-state index contributed by atoms with van der Waals surface area (Å²) in [6.45, 7) is 0.165. The summed E-state index contributed by atoms with van der Waals surface area (Å²) in [6.07, 6.45) is 1.82. The molecule has 2 rings (SSSR count). The fourth-order valence-electron chi connectivity index (χ4n) is 3.96. The maximum Gasteiger partial charge on any atom is 0.326 e. The van der Waals surface area contributed by atoms with E-state index in [9.17, 15) is 29.1 Å². The number of carbonyl (C=O) groups is 5. The molecule has 0 radical (unpaired) electrons. The standard InChI is InChI=1S/C25H37N9O6S/c26-15(10-13-11-31-16-5-2-1-4-14(13)16)21(36)32-17(7-8-20(27)35)22(37)34-19(12-41)23(38)33-18(24(39)40)6-3-9-30-25(28)29/h1-2,4-5,11,15,17-19,31,41H,3,6-10,12,26H2,(H2,27,35)(H,32,36)(H,33,38)(H,34,37)(H,39,40)(H4,28,29,30). The Hall–Kier alpha value is -4.31. The Balaban J connectivity index is 2.05. The molecule has 0 spiro atoms. The zero-order chi connectivity index (χ0) is 30.5. The number of primary amides is 1. The molecule has 15 nitrogen and oxygen atoms in total. The second kappa shape index (κ2) is 16.1. The molecule has 0 aliphatic rings. The van der Waals surface area contributed by atoms with E-state index in [2.05, 4.69) is 38.6 Å². The van der Waals surface area contributed by atoms with E-state index in [4.69, 9.17) is 22.9 Å². The third kappa shape index (κ3) is 10.6. The van der Waals surface area contributed by atoms with Crippen molar-refractivity contribution in [2.24, 2.45) is 27.9 Å². The molecule has 0 aliphatic carbocycles. The average molecular weight is 592 g/mol. The summed E-state index contributed by atoms with van der Waals surface area (Å²) < 4.78 is 0. The number of aliphatic carboxylic acids is 1. The van der Waals surface area contributed by atoms with Crippen LogP contribution in [0.4, 0.5) is 0 Å². The van der Waals surface area contributed by atoms with Crippen molar-refractivity contribution in [3.05, 3.63) is 36.0 Å². The van der Waals surface area contributed by atoms with Crippen molar-refractivity contribution >= 4 is 59.1 Å². The number of aromatic amines is 1. The molecular weight excluding hydrogens is 554 g/mol. The summed E-state index contributed by atoms with van der Waals surface area (Å²) in [5.74, 6) is -4.58. The van der Waals surface area contributed by atoms with Crippen LogP contribution in [-0.2, 0) is 30.4 Å². The molecule has 1 aromatic heterocycles. The van der Waals surface area contributed by atoms with Crippen LogP contribution in [0.25, 0.3) is 10.9 Å². The number of hydrogen-bond acceptors (Lipinski definition) is 8. The van der Waals surface area contributed by atoms with E-state index in [1.54, 1.807) is 6.20 Å². The quantitative estimate of drug-likeness (QED) is 0.0414. The molecule has 0 bridgehead atoms. The van der Waals surface area contributed by atoms with Gasteiger partial charge in [0.05, 0.1) is 6.04 Å². The molecule has 0 fully saturated rings. The van der Waals surface area contributed by atoms with Gasteiger partial charge in [0.15, 0.2) is 5.96 Å². The Morgan fingerprint density at radius 2 is 1.56 bits per heavy atom. The first-order valence-corrected chi connectivity index (χ1v) is 13.4. The molecule has 0 saturated heterocycles. The number of para-hydroxylation sites is 1. The number of nitrogens with zero attached hydrogens (tertiary/aromatic N) is 1. The number of H-pyrrole nitrogens is 1. The maximum atomic E-state index is 13.1. The predicted octanol–water partition coefficient (Wildman–Crippen LogP) is -2.17. The van der Waals surface area contributed by atoms with Gasteiger partial charge in [-0.1, -0.05) is 18.2 Å². The van der Waals surface area contributed by atoms with Gasteiger partial charge in [0.2, 0.25) is 23.6 Å². The first kappa shape index (κ1) is 32.9. The highest BCUT2D eigenvalue weighted by atomic mass is 32.1. The smallest absolute Gasteiger partial charge is 0.326 e. The number of rotatable bonds is 17. The van der Waals surface area contributed by atoms with Gasteiger partial charge in [-0.3, -0.25) is 24.2 Å². The van der Waals surface area contributed by atoms with Gasteiger partial charge in [-0.2, -0.15) is 12.6 Å². The average Bonchev–Trinajstić information content (AvgIpc) is 3.33. The van der Waals surface area contributed by atoms with Crippen molar-refractivity contribution in [1.29, 1.82) is 0 Å². The SMILES string of the molecule is NC(=O)CCC(NC(=O)C(N)Cc1c[nH]c2ccccc12)C(=O)NC(CS)C(=O)NC(CCCN=C(N)N)C(=O)O. The summed E-state index contributed by atoms with van der Waals surface area (Å²) in [5, 5.41) is 17.7. The Kier molecular flexibility index (Phi) is 12.9. The molecule has 2 aromatic rings. The lowest BCUT2D eigenvalue weighted by Gasteiger charge is -2.24. The van der Waals surface area contributed by atoms with Crippen LogP contribution in [0.1, 0.15) is 31.2 Å². The first-order chi connectivity index (χ1) is 19.4. The summed E-state index contributed by atoms with van der Waals surface area (Å²) in [5.41, 5.74) is 23.5. The van der Waals surface area contributed by atoms with Crippen molar-refractivity contribution < 1.29 is 29.1 Å². The van der Waals surface area contributed by atoms with E-state index < -0.39 is 53.8 Å². The first-order valence-electron chi connectivity index (χ1n) is 12.8. The largest absolute Gasteiger partial charge is 0.480 e. The third-order valence-corrected chi connectivity index (χ3v) is 6.50. The lowest BCUT2D eigenvalue weighted by Crippen LogP contribution is -2.57. The van der Waals surface area contributed by atoms with Gasteiger partial charge in [0, 0.05) is 35.8 Å². The Bertz CT molecular complexity index is 1260. The molecule has 41 heavy (non-hydrogen) atoms. The number of thiol groups is 1. The van der Waals surface area contributed by atoms with Crippen LogP contribution in [0.15, 0.2) is 35.5 Å². The molecule has 16 heteroatoms. The molecule has 224 valence electrons. The molecule has 4 atom stereocenters. The number of hydrogen-bond donors (Lipinski definition) is 10. The van der Waals surface area contributed by atoms with Crippen LogP contribution in [-0.4, -0.2) is 82.1 Å². The number of amides is 4. The van der Waals surface area contributed by atoms with Crippen molar-refractivity contribution in [2.45, 2.75) is 56.3 Å². The van der Waals surface area contributed by atoms with Crippen LogP contribution >= 0.6 is 12.6 Å². The minimum atomic E-state index is -1.29. The number of nitrogens with two attached hydrogens (primary N) is 4. The van der Waals surface area contributed by atoms with E-state index >= 15 is 0 Å². The molecule has 1 aromatic carbocycles. The predicted molar refractivity (Wildman–Crippen MR) is 156 cm³/mol. The topological polar surface area (TPSA) is 274 Å².